The van der Waals surface area contributed by atoms with E-state index in [1.54, 1.807) is 6.92 Å². The molecule has 2 rings (SSSR count). The van der Waals surface area contributed by atoms with Gasteiger partial charge in [0.05, 0.1) is 12.7 Å². The van der Waals surface area contributed by atoms with Gasteiger partial charge in [0.1, 0.15) is 10.7 Å². The number of nitrogens with zero attached hydrogens (tertiary/aromatic N) is 1. The Bertz CT molecular complexity index is 606. The summed E-state index contributed by atoms with van der Waals surface area (Å²) in [5, 5.41) is 0. The summed E-state index contributed by atoms with van der Waals surface area (Å²) < 4.78 is 46.4. The van der Waals surface area contributed by atoms with Gasteiger partial charge in [-0.05, 0) is 31.0 Å². The summed E-state index contributed by atoms with van der Waals surface area (Å²) in [7, 11) is -3.90. The van der Waals surface area contributed by atoms with Crippen LogP contribution < -0.4 is 5.73 Å². The number of nitrogens with two attached hydrogens (primary N) is 1. The highest BCUT2D eigenvalue weighted by molar-refractivity contribution is 7.89. The van der Waals surface area contributed by atoms with Gasteiger partial charge in [-0.1, -0.05) is 13.0 Å². The number of morpholine rings is 1. The molecule has 0 amide bonds. The molecule has 2 unspecified atom stereocenters. The third-order valence-corrected chi connectivity index (χ3v) is 5.64. The number of ether oxygens (including phenoxy) is 1. The lowest BCUT2D eigenvalue weighted by Crippen LogP contribution is -2.51. The lowest BCUT2D eigenvalue weighted by atomic mass is 10.2. The average Bonchev–Trinajstić information content (AvgIpc) is 2.47. The normalized spacial score (nSPS) is 24.2. The Morgan fingerprint density at radius 2 is 2.19 bits per heavy atom. The highest BCUT2D eigenvalue weighted by Gasteiger charge is 2.37. The van der Waals surface area contributed by atoms with Crippen LogP contribution in [0.25, 0.3) is 0 Å². The molecule has 0 aliphatic carbocycles. The summed E-state index contributed by atoms with van der Waals surface area (Å²) in [4.78, 5) is -0.307. The van der Waals surface area contributed by atoms with Crippen molar-refractivity contribution in [3.8, 4) is 0 Å². The van der Waals surface area contributed by atoms with E-state index in [0.717, 1.165) is 6.07 Å². The van der Waals surface area contributed by atoms with Gasteiger partial charge in [-0.2, -0.15) is 4.31 Å². The van der Waals surface area contributed by atoms with Gasteiger partial charge < -0.3 is 10.5 Å². The molecule has 2 N–H and O–H groups in total. The van der Waals surface area contributed by atoms with Crippen LogP contribution >= 0.6 is 0 Å². The predicted octanol–water partition coefficient (Wildman–Crippen LogP) is 1.47. The van der Waals surface area contributed by atoms with E-state index >= 15 is 0 Å². The zero-order valence-corrected chi connectivity index (χ0v) is 13.1. The van der Waals surface area contributed by atoms with Crippen LogP contribution in [0.4, 0.5) is 4.39 Å². The van der Waals surface area contributed by atoms with Crippen molar-refractivity contribution in [3.63, 3.8) is 0 Å². The number of rotatable bonds is 4. The topological polar surface area (TPSA) is 72.6 Å². The van der Waals surface area contributed by atoms with E-state index in [4.69, 9.17) is 10.5 Å². The fourth-order valence-electron chi connectivity index (χ4n) is 2.43. The first-order valence-electron chi connectivity index (χ1n) is 7.02. The van der Waals surface area contributed by atoms with E-state index in [-0.39, 0.29) is 30.1 Å². The molecule has 118 valence electrons. The molecule has 0 radical (unpaired) electrons. The second-order valence-electron chi connectivity index (χ2n) is 5.25. The fourth-order valence-corrected chi connectivity index (χ4v) is 4.30. The standard InChI is InChI=1S/C14H21FN2O3S/c1-3-12-9-20-10(2)8-17(12)21(18,19)14-6-11(7-16)4-5-13(14)15/h4-6,10,12H,3,7-9,16H2,1-2H3. The van der Waals surface area contributed by atoms with Crippen LogP contribution in [0.5, 0.6) is 0 Å². The van der Waals surface area contributed by atoms with Crippen LogP contribution in [0.2, 0.25) is 0 Å². The molecule has 1 aromatic rings. The van der Waals surface area contributed by atoms with Crippen LogP contribution in [-0.4, -0.2) is 38.0 Å². The van der Waals surface area contributed by atoms with Gasteiger partial charge in [0.15, 0.2) is 0 Å². The van der Waals surface area contributed by atoms with Gasteiger partial charge in [0, 0.05) is 19.1 Å². The van der Waals surface area contributed by atoms with Crippen molar-refractivity contribution in [2.75, 3.05) is 13.2 Å². The molecule has 0 saturated carbocycles. The van der Waals surface area contributed by atoms with Gasteiger partial charge in [-0.3, -0.25) is 0 Å². The minimum Gasteiger partial charge on any atom is -0.375 e. The second kappa shape index (κ2) is 6.39. The zero-order chi connectivity index (χ0) is 15.6. The first kappa shape index (κ1) is 16.4. The Hall–Kier alpha value is -1.02. The van der Waals surface area contributed by atoms with Crippen molar-refractivity contribution in [2.24, 2.45) is 5.73 Å². The predicted molar refractivity (Wildman–Crippen MR) is 77.7 cm³/mol. The molecule has 1 aliphatic heterocycles. The first-order chi connectivity index (χ1) is 9.90. The van der Waals surface area contributed by atoms with Gasteiger partial charge in [-0.15, -0.1) is 0 Å². The monoisotopic (exact) mass is 316 g/mol. The molecule has 7 heteroatoms. The van der Waals surface area contributed by atoms with E-state index in [1.165, 1.54) is 16.4 Å². The van der Waals surface area contributed by atoms with Crippen LogP contribution in [0, 0.1) is 5.82 Å². The van der Waals surface area contributed by atoms with Gasteiger partial charge in [0.25, 0.3) is 0 Å². The Balaban J connectivity index is 2.44. The largest absolute Gasteiger partial charge is 0.375 e. The maximum atomic E-state index is 14.0. The molecule has 1 aromatic carbocycles. The Labute approximate surface area is 124 Å². The minimum atomic E-state index is -3.90. The first-order valence-corrected chi connectivity index (χ1v) is 8.46. The van der Waals surface area contributed by atoms with Crippen molar-refractivity contribution in [1.82, 2.24) is 4.31 Å². The van der Waals surface area contributed by atoms with Gasteiger partial charge in [0.2, 0.25) is 10.0 Å². The molecule has 5 nitrogen and oxygen atoms in total. The van der Waals surface area contributed by atoms with Crippen LogP contribution in [0.3, 0.4) is 0 Å². The van der Waals surface area contributed by atoms with Crippen molar-refractivity contribution in [2.45, 2.75) is 43.9 Å². The molecular weight excluding hydrogens is 295 g/mol. The Morgan fingerprint density at radius 3 is 2.81 bits per heavy atom. The molecule has 1 heterocycles. The summed E-state index contributed by atoms with van der Waals surface area (Å²) in [6.45, 7) is 4.42. The van der Waals surface area contributed by atoms with Crippen LogP contribution in [-0.2, 0) is 21.3 Å². The van der Waals surface area contributed by atoms with Crippen molar-refractivity contribution in [1.29, 1.82) is 0 Å². The molecular formula is C14H21FN2O3S. The highest BCUT2D eigenvalue weighted by Crippen LogP contribution is 2.26. The second-order valence-corrected chi connectivity index (χ2v) is 7.11. The number of sulfonamides is 1. The summed E-state index contributed by atoms with van der Waals surface area (Å²) in [6.07, 6.45) is 0.410. The molecule has 1 fully saturated rings. The molecule has 1 aliphatic rings. The smallest absolute Gasteiger partial charge is 0.246 e. The van der Waals surface area contributed by atoms with Gasteiger partial charge >= 0.3 is 0 Å². The highest BCUT2D eigenvalue weighted by atomic mass is 32.2. The molecule has 0 spiro atoms. The van der Waals surface area contributed by atoms with E-state index in [0.29, 0.717) is 18.6 Å². The van der Waals surface area contributed by atoms with Crippen LogP contribution in [0.15, 0.2) is 23.1 Å². The lowest BCUT2D eigenvalue weighted by molar-refractivity contribution is -0.0231. The zero-order valence-electron chi connectivity index (χ0n) is 12.3. The van der Waals surface area contributed by atoms with Crippen molar-refractivity contribution in [3.05, 3.63) is 29.6 Å². The van der Waals surface area contributed by atoms with Crippen molar-refractivity contribution >= 4 is 10.0 Å². The van der Waals surface area contributed by atoms with E-state index in [2.05, 4.69) is 0 Å². The van der Waals surface area contributed by atoms with Crippen molar-refractivity contribution < 1.29 is 17.5 Å². The summed E-state index contributed by atoms with van der Waals surface area (Å²) in [5.41, 5.74) is 6.10. The SMILES string of the molecule is CCC1COC(C)CN1S(=O)(=O)c1cc(CN)ccc1F. The number of hydrogen-bond acceptors (Lipinski definition) is 4. The minimum absolute atomic E-state index is 0.166. The van der Waals surface area contributed by atoms with E-state index in [9.17, 15) is 12.8 Å². The Kier molecular flexibility index (Phi) is 4.98. The van der Waals surface area contributed by atoms with E-state index < -0.39 is 15.8 Å². The summed E-state index contributed by atoms with van der Waals surface area (Å²) in [6, 6.07) is 3.69. The number of halogens is 1. The lowest BCUT2D eigenvalue weighted by Gasteiger charge is -2.37. The Morgan fingerprint density at radius 1 is 1.48 bits per heavy atom. The molecule has 1 saturated heterocycles. The van der Waals surface area contributed by atoms with E-state index in [1.807, 2.05) is 6.92 Å². The average molecular weight is 316 g/mol. The maximum Gasteiger partial charge on any atom is 0.246 e. The van der Waals surface area contributed by atoms with Gasteiger partial charge in [-0.25, -0.2) is 12.8 Å². The maximum absolute atomic E-state index is 14.0. The molecule has 0 aromatic heterocycles. The molecule has 0 bridgehead atoms. The molecule has 21 heavy (non-hydrogen) atoms. The number of hydrogen-bond donors (Lipinski definition) is 1. The number of benzene rings is 1. The fraction of sp³-hybridized carbons (Fsp3) is 0.571. The third kappa shape index (κ3) is 3.26. The summed E-state index contributed by atoms with van der Waals surface area (Å²) in [5.74, 6) is -0.749. The third-order valence-electron chi connectivity index (χ3n) is 3.71. The molecule has 2 atom stereocenters. The summed E-state index contributed by atoms with van der Waals surface area (Å²) >= 11 is 0. The van der Waals surface area contributed by atoms with Crippen LogP contribution in [0.1, 0.15) is 25.8 Å². The quantitative estimate of drug-likeness (QED) is 0.913.